The molecule has 1 heterocycles. The fourth-order valence-corrected chi connectivity index (χ4v) is 3.31. The van der Waals surface area contributed by atoms with Crippen molar-refractivity contribution in [3.05, 3.63) is 45.2 Å². The Bertz CT molecular complexity index is 747. The quantitative estimate of drug-likeness (QED) is 0.592. The molecular weight excluding hydrogens is 366 g/mol. The Morgan fingerprint density at radius 3 is 2.81 bits per heavy atom. The molecule has 9 nitrogen and oxygen atoms in total. The first kappa shape index (κ1) is 15.5. The highest BCUT2D eigenvalue weighted by molar-refractivity contribution is 9.10. The van der Waals surface area contributed by atoms with E-state index in [9.17, 15) is 18.5 Å². The highest BCUT2D eigenvalue weighted by Gasteiger charge is 2.25. The molecule has 0 aliphatic heterocycles. The number of hydrogen-bond acceptors (Lipinski definition) is 6. The minimum Gasteiger partial charge on any atom is -0.258 e. The van der Waals surface area contributed by atoms with Crippen molar-refractivity contribution in [1.82, 2.24) is 19.7 Å². The van der Waals surface area contributed by atoms with E-state index in [4.69, 9.17) is 0 Å². The van der Waals surface area contributed by atoms with Crippen LogP contribution < -0.4 is 4.72 Å². The fraction of sp³-hybridized carbons (Fsp3) is 0.200. The van der Waals surface area contributed by atoms with Crippen molar-refractivity contribution in [2.45, 2.75) is 11.4 Å². The number of halogens is 1. The van der Waals surface area contributed by atoms with Gasteiger partial charge < -0.3 is 0 Å². The highest BCUT2D eigenvalue weighted by atomic mass is 79.9. The topological polar surface area (TPSA) is 120 Å². The van der Waals surface area contributed by atoms with Crippen LogP contribution in [-0.2, 0) is 16.6 Å². The van der Waals surface area contributed by atoms with Crippen molar-refractivity contribution in [2.24, 2.45) is 0 Å². The van der Waals surface area contributed by atoms with Crippen LogP contribution in [0.3, 0.4) is 0 Å². The van der Waals surface area contributed by atoms with E-state index in [0.29, 0.717) is 4.47 Å². The molecule has 0 saturated heterocycles. The van der Waals surface area contributed by atoms with Gasteiger partial charge in [-0.1, -0.05) is 21.1 Å². The van der Waals surface area contributed by atoms with Crippen LogP contribution in [0.5, 0.6) is 0 Å². The van der Waals surface area contributed by atoms with Gasteiger partial charge in [0.05, 0.1) is 17.7 Å². The molecular formula is C10H10BrN5O4S. The Kier molecular flexibility index (Phi) is 4.65. The van der Waals surface area contributed by atoms with Gasteiger partial charge in [-0.25, -0.2) is 13.1 Å². The van der Waals surface area contributed by atoms with Crippen LogP contribution in [0, 0.1) is 10.1 Å². The van der Waals surface area contributed by atoms with Crippen molar-refractivity contribution in [2.75, 3.05) is 6.54 Å². The summed E-state index contributed by atoms with van der Waals surface area (Å²) < 4.78 is 28.5. The predicted molar refractivity (Wildman–Crippen MR) is 76.0 cm³/mol. The Labute approximate surface area is 128 Å². The van der Waals surface area contributed by atoms with Gasteiger partial charge in [0.15, 0.2) is 4.90 Å². The van der Waals surface area contributed by atoms with E-state index in [0.717, 1.165) is 6.07 Å². The zero-order valence-corrected chi connectivity index (χ0v) is 12.9. The first-order valence-corrected chi connectivity index (χ1v) is 7.95. The number of benzene rings is 1. The minimum atomic E-state index is -3.99. The lowest BCUT2D eigenvalue weighted by molar-refractivity contribution is -0.387. The van der Waals surface area contributed by atoms with Crippen molar-refractivity contribution >= 4 is 31.6 Å². The third kappa shape index (κ3) is 3.83. The number of nitro groups is 1. The number of hydrogen-bond donors (Lipinski definition) is 1. The molecule has 0 atom stereocenters. The molecule has 1 aromatic carbocycles. The van der Waals surface area contributed by atoms with Gasteiger partial charge in [0.25, 0.3) is 5.69 Å². The van der Waals surface area contributed by atoms with E-state index in [1.165, 1.54) is 23.0 Å². The van der Waals surface area contributed by atoms with E-state index in [2.05, 4.69) is 31.0 Å². The van der Waals surface area contributed by atoms with E-state index >= 15 is 0 Å². The van der Waals surface area contributed by atoms with Crippen LogP contribution in [0.4, 0.5) is 5.69 Å². The molecule has 1 aromatic heterocycles. The molecule has 2 aromatic rings. The molecule has 0 bridgehead atoms. The molecule has 0 aliphatic carbocycles. The van der Waals surface area contributed by atoms with Crippen molar-refractivity contribution < 1.29 is 13.3 Å². The van der Waals surface area contributed by atoms with Crippen LogP contribution in [0.25, 0.3) is 0 Å². The number of aromatic nitrogens is 3. The largest absolute Gasteiger partial charge is 0.289 e. The summed E-state index contributed by atoms with van der Waals surface area (Å²) in [5.41, 5.74) is -0.480. The SMILES string of the molecule is O=[N+]([O-])c1ccc(Br)cc1S(=O)(=O)NCCn1ccnn1. The van der Waals surface area contributed by atoms with Gasteiger partial charge >= 0.3 is 0 Å². The molecule has 112 valence electrons. The van der Waals surface area contributed by atoms with Crippen LogP contribution >= 0.6 is 15.9 Å². The van der Waals surface area contributed by atoms with Crippen LogP contribution in [0.1, 0.15) is 0 Å². The number of sulfonamides is 1. The van der Waals surface area contributed by atoms with Crippen molar-refractivity contribution in [1.29, 1.82) is 0 Å². The number of rotatable bonds is 6. The molecule has 0 spiro atoms. The lowest BCUT2D eigenvalue weighted by Gasteiger charge is -2.07. The maximum atomic E-state index is 12.2. The van der Waals surface area contributed by atoms with Gasteiger partial charge in [0, 0.05) is 23.3 Å². The van der Waals surface area contributed by atoms with Crippen LogP contribution in [-0.4, -0.2) is 34.9 Å². The zero-order valence-electron chi connectivity index (χ0n) is 10.5. The van der Waals surface area contributed by atoms with Gasteiger partial charge in [-0.05, 0) is 12.1 Å². The number of nitro benzene ring substituents is 1. The Balaban J connectivity index is 2.19. The number of nitrogens with zero attached hydrogens (tertiary/aromatic N) is 4. The summed E-state index contributed by atoms with van der Waals surface area (Å²) in [5.74, 6) is 0. The molecule has 0 aliphatic rings. The summed E-state index contributed by atoms with van der Waals surface area (Å²) in [6, 6.07) is 3.73. The molecule has 0 unspecified atom stereocenters. The molecule has 21 heavy (non-hydrogen) atoms. The molecule has 0 fully saturated rings. The molecule has 0 amide bonds. The lowest BCUT2D eigenvalue weighted by atomic mass is 10.3. The summed E-state index contributed by atoms with van der Waals surface area (Å²) in [5, 5.41) is 18.2. The number of nitrogens with one attached hydrogen (secondary N) is 1. The van der Waals surface area contributed by atoms with Crippen molar-refractivity contribution in [3.8, 4) is 0 Å². The molecule has 11 heteroatoms. The Morgan fingerprint density at radius 2 is 2.19 bits per heavy atom. The van der Waals surface area contributed by atoms with Gasteiger partial charge in [0.1, 0.15) is 0 Å². The average molecular weight is 376 g/mol. The van der Waals surface area contributed by atoms with Gasteiger partial charge in [-0.15, -0.1) is 5.10 Å². The highest BCUT2D eigenvalue weighted by Crippen LogP contribution is 2.26. The normalized spacial score (nSPS) is 11.5. The third-order valence-electron chi connectivity index (χ3n) is 2.51. The summed E-state index contributed by atoms with van der Waals surface area (Å²) in [6.07, 6.45) is 3.05. The second kappa shape index (κ2) is 6.28. The minimum absolute atomic E-state index is 0.0371. The summed E-state index contributed by atoms with van der Waals surface area (Å²) >= 11 is 3.10. The van der Waals surface area contributed by atoms with Gasteiger partial charge in [-0.2, -0.15) is 0 Å². The molecule has 0 radical (unpaired) electrons. The maximum absolute atomic E-state index is 12.2. The lowest BCUT2D eigenvalue weighted by Crippen LogP contribution is -2.28. The van der Waals surface area contributed by atoms with E-state index in [1.54, 1.807) is 6.20 Å². The summed E-state index contributed by atoms with van der Waals surface area (Å²) in [6.45, 7) is 0.302. The molecule has 2 rings (SSSR count). The Hall–Kier alpha value is -1.85. The zero-order chi connectivity index (χ0) is 15.5. The van der Waals surface area contributed by atoms with Crippen LogP contribution in [0.2, 0.25) is 0 Å². The monoisotopic (exact) mass is 375 g/mol. The van der Waals surface area contributed by atoms with Gasteiger partial charge in [-0.3, -0.25) is 14.8 Å². The second-order valence-corrected chi connectivity index (χ2v) is 6.58. The summed E-state index contributed by atoms with van der Waals surface area (Å²) in [7, 11) is -3.99. The fourth-order valence-electron chi connectivity index (χ4n) is 1.58. The van der Waals surface area contributed by atoms with E-state index in [-0.39, 0.29) is 18.0 Å². The average Bonchev–Trinajstić information content (AvgIpc) is 2.91. The van der Waals surface area contributed by atoms with Crippen molar-refractivity contribution in [3.63, 3.8) is 0 Å². The summed E-state index contributed by atoms with van der Waals surface area (Å²) in [4.78, 5) is 9.79. The Morgan fingerprint density at radius 1 is 1.43 bits per heavy atom. The maximum Gasteiger partial charge on any atom is 0.289 e. The smallest absolute Gasteiger partial charge is 0.258 e. The molecule has 0 saturated carbocycles. The standard InChI is InChI=1S/C10H10BrN5O4S/c11-8-1-2-9(16(17)18)10(7-8)21(19,20)13-4-6-15-5-3-12-14-15/h1-3,5,7,13H,4,6H2. The second-order valence-electron chi connectivity index (χ2n) is 3.93. The first-order valence-electron chi connectivity index (χ1n) is 5.68. The predicted octanol–water partition coefficient (Wildman–Crippen LogP) is 0.927. The van der Waals surface area contributed by atoms with E-state index in [1.807, 2.05) is 0 Å². The third-order valence-corrected chi connectivity index (χ3v) is 4.50. The van der Waals surface area contributed by atoms with E-state index < -0.39 is 20.6 Å². The van der Waals surface area contributed by atoms with Crippen LogP contribution in [0.15, 0.2) is 40.0 Å². The molecule has 1 N–H and O–H groups in total. The van der Waals surface area contributed by atoms with Gasteiger partial charge in [0.2, 0.25) is 10.0 Å². The first-order chi connectivity index (χ1) is 9.90.